The van der Waals surface area contributed by atoms with E-state index in [-0.39, 0.29) is 0 Å². The Morgan fingerprint density at radius 1 is 0.586 bits per heavy atom. The van der Waals surface area contributed by atoms with Crippen LogP contribution in [0.2, 0.25) is 0 Å². The standard InChI is InChI=1S/C25H46O4/c1-4-6-8-10-12-14-16-18-20-28-24(26)22-23(3)25(27)29-21-19-17-15-13-11-9-7-5-2/h22H,4-21H2,1-3H3/b23-22-. The lowest BCUT2D eigenvalue weighted by Crippen LogP contribution is -2.10. The van der Waals surface area contributed by atoms with Gasteiger partial charge in [0.2, 0.25) is 0 Å². The minimum Gasteiger partial charge on any atom is -0.463 e. The zero-order chi connectivity index (χ0) is 21.6. The Morgan fingerprint density at radius 3 is 1.41 bits per heavy atom. The maximum Gasteiger partial charge on any atom is 0.333 e. The van der Waals surface area contributed by atoms with E-state index in [9.17, 15) is 9.59 Å². The topological polar surface area (TPSA) is 52.6 Å². The summed E-state index contributed by atoms with van der Waals surface area (Å²) in [5, 5.41) is 0. The molecule has 0 amide bonds. The Kier molecular flexibility index (Phi) is 20.4. The molecule has 0 radical (unpaired) electrons. The van der Waals surface area contributed by atoms with Crippen LogP contribution < -0.4 is 0 Å². The Hall–Kier alpha value is -1.32. The van der Waals surface area contributed by atoms with Crippen LogP contribution in [0.5, 0.6) is 0 Å². The first-order chi connectivity index (χ1) is 14.1. The van der Waals surface area contributed by atoms with Gasteiger partial charge in [0.25, 0.3) is 0 Å². The second-order valence-corrected chi connectivity index (χ2v) is 8.08. The van der Waals surface area contributed by atoms with Crippen LogP contribution in [0.4, 0.5) is 0 Å². The highest BCUT2D eigenvalue weighted by atomic mass is 16.5. The Balaban J connectivity index is 3.63. The quantitative estimate of drug-likeness (QED) is 0.120. The van der Waals surface area contributed by atoms with Crippen molar-refractivity contribution in [3.63, 3.8) is 0 Å². The van der Waals surface area contributed by atoms with Crippen LogP contribution in [0.15, 0.2) is 11.6 Å². The van der Waals surface area contributed by atoms with E-state index in [1.807, 2.05) is 0 Å². The molecule has 0 aromatic carbocycles. The van der Waals surface area contributed by atoms with Crippen molar-refractivity contribution in [1.82, 2.24) is 0 Å². The van der Waals surface area contributed by atoms with Crippen LogP contribution in [-0.2, 0) is 19.1 Å². The molecule has 0 aliphatic heterocycles. The van der Waals surface area contributed by atoms with Gasteiger partial charge in [-0.1, -0.05) is 104 Å². The van der Waals surface area contributed by atoms with Gasteiger partial charge in [0, 0.05) is 11.6 Å². The summed E-state index contributed by atoms with van der Waals surface area (Å²) in [4.78, 5) is 23.7. The van der Waals surface area contributed by atoms with E-state index in [0.717, 1.165) is 25.7 Å². The van der Waals surface area contributed by atoms with Gasteiger partial charge in [-0.15, -0.1) is 0 Å². The van der Waals surface area contributed by atoms with Crippen LogP contribution in [0.3, 0.4) is 0 Å². The zero-order valence-corrected chi connectivity index (χ0v) is 19.4. The van der Waals surface area contributed by atoms with Gasteiger partial charge in [0.15, 0.2) is 0 Å². The molecule has 0 aliphatic carbocycles. The second-order valence-electron chi connectivity index (χ2n) is 8.08. The molecule has 4 nitrogen and oxygen atoms in total. The number of ether oxygens (including phenoxy) is 2. The molecule has 4 heteroatoms. The predicted molar refractivity (Wildman–Crippen MR) is 121 cm³/mol. The van der Waals surface area contributed by atoms with Crippen LogP contribution >= 0.6 is 0 Å². The van der Waals surface area contributed by atoms with Crippen molar-refractivity contribution < 1.29 is 19.1 Å². The fraction of sp³-hybridized carbons (Fsp3) is 0.840. The van der Waals surface area contributed by atoms with Gasteiger partial charge in [0.05, 0.1) is 13.2 Å². The monoisotopic (exact) mass is 410 g/mol. The molecule has 0 saturated heterocycles. The number of carbonyl (C=O) groups excluding carboxylic acids is 2. The summed E-state index contributed by atoms with van der Waals surface area (Å²) in [5.41, 5.74) is 0.311. The number of unbranched alkanes of at least 4 members (excludes halogenated alkanes) is 14. The molecule has 0 rings (SSSR count). The minimum absolute atomic E-state index is 0.311. The SMILES string of the molecule is CCCCCCCCCCOC(=O)/C=C(/C)C(=O)OCCCCCCCCCC. The Bertz CT molecular complexity index is 429. The highest BCUT2D eigenvalue weighted by Gasteiger charge is 2.09. The molecule has 0 atom stereocenters. The van der Waals surface area contributed by atoms with Crippen molar-refractivity contribution in [2.45, 2.75) is 124 Å². The fourth-order valence-electron chi connectivity index (χ4n) is 3.20. The number of esters is 2. The summed E-state index contributed by atoms with van der Waals surface area (Å²) < 4.78 is 10.4. The molecule has 0 fully saturated rings. The van der Waals surface area contributed by atoms with E-state index in [2.05, 4.69) is 13.8 Å². The third-order valence-corrected chi connectivity index (χ3v) is 5.13. The third kappa shape index (κ3) is 19.8. The van der Waals surface area contributed by atoms with Crippen molar-refractivity contribution >= 4 is 11.9 Å². The average molecular weight is 411 g/mol. The van der Waals surface area contributed by atoms with Gasteiger partial charge in [-0.3, -0.25) is 0 Å². The lowest BCUT2D eigenvalue weighted by Gasteiger charge is -2.06. The fourth-order valence-corrected chi connectivity index (χ4v) is 3.20. The first-order valence-electron chi connectivity index (χ1n) is 12.1. The van der Waals surface area contributed by atoms with Gasteiger partial charge in [-0.2, -0.15) is 0 Å². The van der Waals surface area contributed by atoms with E-state index in [1.54, 1.807) is 6.92 Å². The maximum atomic E-state index is 11.9. The van der Waals surface area contributed by atoms with Gasteiger partial charge in [0.1, 0.15) is 0 Å². The highest BCUT2D eigenvalue weighted by Crippen LogP contribution is 2.10. The Morgan fingerprint density at radius 2 is 0.966 bits per heavy atom. The van der Waals surface area contributed by atoms with Gasteiger partial charge in [-0.25, -0.2) is 9.59 Å². The molecule has 0 heterocycles. The molecule has 0 bridgehead atoms. The van der Waals surface area contributed by atoms with E-state index >= 15 is 0 Å². The molecule has 0 N–H and O–H groups in total. The molecule has 0 aliphatic rings. The maximum absolute atomic E-state index is 11.9. The van der Waals surface area contributed by atoms with E-state index in [4.69, 9.17) is 9.47 Å². The average Bonchev–Trinajstić information content (AvgIpc) is 2.71. The molecule has 0 spiro atoms. The van der Waals surface area contributed by atoms with Crippen molar-refractivity contribution in [1.29, 1.82) is 0 Å². The summed E-state index contributed by atoms with van der Waals surface area (Å²) >= 11 is 0. The smallest absolute Gasteiger partial charge is 0.333 e. The van der Waals surface area contributed by atoms with E-state index < -0.39 is 11.9 Å². The van der Waals surface area contributed by atoms with Gasteiger partial charge in [-0.05, 0) is 19.8 Å². The van der Waals surface area contributed by atoms with E-state index in [1.165, 1.54) is 83.1 Å². The minimum atomic E-state index is -0.450. The summed E-state index contributed by atoms with van der Waals surface area (Å²) in [7, 11) is 0. The van der Waals surface area contributed by atoms with Gasteiger partial charge >= 0.3 is 11.9 Å². The predicted octanol–water partition coefficient (Wildman–Crippen LogP) is 7.30. The van der Waals surface area contributed by atoms with Crippen molar-refractivity contribution in [3.05, 3.63) is 11.6 Å². The molecule has 29 heavy (non-hydrogen) atoms. The molecule has 170 valence electrons. The number of rotatable bonds is 20. The third-order valence-electron chi connectivity index (χ3n) is 5.13. The summed E-state index contributed by atoms with van der Waals surface area (Å²) in [5.74, 6) is -0.869. The van der Waals surface area contributed by atoms with Crippen LogP contribution in [0.25, 0.3) is 0 Å². The highest BCUT2D eigenvalue weighted by molar-refractivity contribution is 5.95. The molecule has 0 aromatic heterocycles. The zero-order valence-electron chi connectivity index (χ0n) is 19.4. The van der Waals surface area contributed by atoms with E-state index in [0.29, 0.717) is 18.8 Å². The molecule has 0 unspecified atom stereocenters. The molecule has 0 saturated carbocycles. The lowest BCUT2D eigenvalue weighted by atomic mass is 10.1. The van der Waals surface area contributed by atoms with Crippen LogP contribution in [-0.4, -0.2) is 25.2 Å². The number of carbonyl (C=O) groups is 2. The second kappa shape index (κ2) is 21.4. The first kappa shape index (κ1) is 27.7. The summed E-state index contributed by atoms with van der Waals surface area (Å²) in [6.45, 7) is 6.90. The lowest BCUT2D eigenvalue weighted by molar-refractivity contribution is -0.141. The summed E-state index contributed by atoms with van der Waals surface area (Å²) in [6, 6.07) is 0. The first-order valence-corrected chi connectivity index (χ1v) is 12.1. The van der Waals surface area contributed by atoms with Crippen LogP contribution in [0.1, 0.15) is 124 Å². The largest absolute Gasteiger partial charge is 0.463 e. The molecule has 0 aromatic rings. The van der Waals surface area contributed by atoms with Crippen molar-refractivity contribution in [3.8, 4) is 0 Å². The molecular weight excluding hydrogens is 364 g/mol. The van der Waals surface area contributed by atoms with Crippen LogP contribution in [0, 0.1) is 0 Å². The van der Waals surface area contributed by atoms with Gasteiger partial charge < -0.3 is 9.47 Å². The molecular formula is C25H46O4. The van der Waals surface area contributed by atoms with Crippen molar-refractivity contribution in [2.24, 2.45) is 0 Å². The van der Waals surface area contributed by atoms with Crippen molar-refractivity contribution in [2.75, 3.05) is 13.2 Å². The number of hydrogen-bond donors (Lipinski definition) is 0. The number of hydrogen-bond acceptors (Lipinski definition) is 4. The normalized spacial score (nSPS) is 11.5. The Labute approximate surface area is 179 Å². The summed E-state index contributed by atoms with van der Waals surface area (Å²) in [6.07, 6.45) is 20.6.